The van der Waals surface area contributed by atoms with Crippen LogP contribution in [0.15, 0.2) is 42.6 Å². The van der Waals surface area contributed by atoms with E-state index in [1.807, 2.05) is 31.2 Å². The number of hydrogen-bond donors (Lipinski definition) is 1. The number of pyridine rings is 1. The second kappa shape index (κ2) is 6.10. The van der Waals surface area contributed by atoms with Crippen LogP contribution in [0.5, 0.6) is 11.5 Å². The number of hydrogen-bond acceptors (Lipinski definition) is 4. The van der Waals surface area contributed by atoms with Crippen molar-refractivity contribution in [3.8, 4) is 11.5 Å². The number of halogens is 1. The van der Waals surface area contributed by atoms with E-state index in [4.69, 9.17) is 9.47 Å². The second-order valence-corrected chi connectivity index (χ2v) is 5.03. The van der Waals surface area contributed by atoms with Crippen LogP contribution < -0.4 is 14.8 Å². The third-order valence-electron chi connectivity index (χ3n) is 3.41. The van der Waals surface area contributed by atoms with Gasteiger partial charge in [-0.15, -0.1) is 0 Å². The van der Waals surface area contributed by atoms with Gasteiger partial charge in [0.15, 0.2) is 11.5 Å². The maximum absolute atomic E-state index is 12.8. The van der Waals surface area contributed by atoms with E-state index in [1.165, 1.54) is 12.3 Å². The van der Waals surface area contributed by atoms with Gasteiger partial charge < -0.3 is 14.8 Å². The monoisotopic (exact) mass is 288 g/mol. The Morgan fingerprint density at radius 1 is 1.29 bits per heavy atom. The molecule has 0 amide bonds. The summed E-state index contributed by atoms with van der Waals surface area (Å²) < 4.78 is 24.4. The second-order valence-electron chi connectivity index (χ2n) is 5.03. The molecule has 0 radical (unpaired) electrons. The summed E-state index contributed by atoms with van der Waals surface area (Å²) in [5.41, 5.74) is 0.800. The lowest BCUT2D eigenvalue weighted by atomic mass is 10.2. The molecule has 2 unspecified atom stereocenters. The van der Waals surface area contributed by atoms with Gasteiger partial charge in [-0.1, -0.05) is 12.1 Å². The Morgan fingerprint density at radius 3 is 2.86 bits per heavy atom. The zero-order chi connectivity index (χ0) is 14.7. The number of benzene rings is 1. The zero-order valence-electron chi connectivity index (χ0n) is 11.8. The highest BCUT2D eigenvalue weighted by Gasteiger charge is 2.21. The first-order valence-corrected chi connectivity index (χ1v) is 6.95. The van der Waals surface area contributed by atoms with E-state index < -0.39 is 0 Å². The third kappa shape index (κ3) is 3.31. The van der Waals surface area contributed by atoms with Crippen LogP contribution in [0.4, 0.5) is 4.39 Å². The maximum Gasteiger partial charge on any atom is 0.161 e. The first-order valence-electron chi connectivity index (χ1n) is 6.95. The average Bonchev–Trinajstić information content (AvgIpc) is 2.53. The van der Waals surface area contributed by atoms with Crippen LogP contribution in [0.2, 0.25) is 0 Å². The van der Waals surface area contributed by atoms with Gasteiger partial charge >= 0.3 is 0 Å². The number of ether oxygens (including phenoxy) is 2. The van der Waals surface area contributed by atoms with Gasteiger partial charge in [0.1, 0.15) is 18.5 Å². The molecule has 0 saturated carbocycles. The summed E-state index contributed by atoms with van der Waals surface area (Å²) in [5, 5.41) is 3.33. The normalized spacial score (nSPS) is 18.3. The summed E-state index contributed by atoms with van der Waals surface area (Å²) in [6.07, 6.45) is 1.17. The van der Waals surface area contributed by atoms with Crippen molar-refractivity contribution in [1.29, 1.82) is 0 Å². The minimum atomic E-state index is -0.327. The number of nitrogens with one attached hydrogen (secondary N) is 1. The van der Waals surface area contributed by atoms with E-state index in [0.717, 1.165) is 17.2 Å². The van der Waals surface area contributed by atoms with Gasteiger partial charge in [0.2, 0.25) is 0 Å². The Hall–Kier alpha value is -2.14. The highest BCUT2D eigenvalue weighted by atomic mass is 19.1. The van der Waals surface area contributed by atoms with E-state index in [1.54, 1.807) is 6.07 Å². The molecular weight excluding hydrogens is 271 g/mol. The third-order valence-corrected chi connectivity index (χ3v) is 3.41. The van der Waals surface area contributed by atoms with Crippen molar-refractivity contribution in [3.05, 3.63) is 54.1 Å². The van der Waals surface area contributed by atoms with Crippen molar-refractivity contribution in [3.63, 3.8) is 0 Å². The lowest BCUT2D eigenvalue weighted by Crippen LogP contribution is -2.39. The van der Waals surface area contributed by atoms with Crippen molar-refractivity contribution < 1.29 is 13.9 Å². The predicted octanol–water partition coefficient (Wildman–Crippen LogP) is 2.71. The van der Waals surface area contributed by atoms with Crippen molar-refractivity contribution in [1.82, 2.24) is 10.3 Å². The molecular formula is C16H17FN2O2. The minimum absolute atomic E-state index is 0.0198. The molecule has 1 aromatic heterocycles. The topological polar surface area (TPSA) is 43.4 Å². The number of fused-ring (bicyclic) bond motifs is 1. The fraction of sp³-hybridized carbons (Fsp3) is 0.312. The average molecular weight is 288 g/mol. The van der Waals surface area contributed by atoms with E-state index in [0.29, 0.717) is 13.2 Å². The first-order chi connectivity index (χ1) is 10.2. The maximum atomic E-state index is 12.8. The molecule has 4 nitrogen and oxygen atoms in total. The summed E-state index contributed by atoms with van der Waals surface area (Å²) in [6, 6.07) is 10.7. The lowest BCUT2D eigenvalue weighted by molar-refractivity contribution is 0.0885. The molecule has 3 rings (SSSR count). The van der Waals surface area contributed by atoms with Crippen molar-refractivity contribution in [2.75, 3.05) is 13.2 Å². The van der Waals surface area contributed by atoms with Gasteiger partial charge in [-0.3, -0.25) is 4.98 Å². The molecule has 0 spiro atoms. The Balaban J connectivity index is 1.55. The summed E-state index contributed by atoms with van der Waals surface area (Å²) in [5.74, 6) is 1.22. The van der Waals surface area contributed by atoms with E-state index in [-0.39, 0.29) is 18.0 Å². The van der Waals surface area contributed by atoms with E-state index in [2.05, 4.69) is 10.3 Å². The van der Waals surface area contributed by atoms with Gasteiger partial charge in [0.25, 0.3) is 0 Å². The van der Waals surface area contributed by atoms with Gasteiger partial charge in [0.05, 0.1) is 11.9 Å². The van der Waals surface area contributed by atoms with Crippen molar-refractivity contribution >= 4 is 0 Å². The summed E-state index contributed by atoms with van der Waals surface area (Å²) in [7, 11) is 0. The van der Waals surface area contributed by atoms with Crippen LogP contribution >= 0.6 is 0 Å². The van der Waals surface area contributed by atoms with Crippen LogP contribution in [-0.2, 0) is 0 Å². The molecule has 1 aliphatic heterocycles. The molecule has 0 saturated heterocycles. The summed E-state index contributed by atoms with van der Waals surface area (Å²) >= 11 is 0. The minimum Gasteiger partial charge on any atom is -0.486 e. The van der Waals surface area contributed by atoms with Crippen molar-refractivity contribution in [2.24, 2.45) is 0 Å². The molecule has 21 heavy (non-hydrogen) atoms. The number of rotatable bonds is 4. The standard InChI is InChI=1S/C16H17FN2O2/c1-11(14-7-6-12(17)8-19-14)18-9-13-10-20-15-4-2-3-5-16(15)21-13/h2-8,11,13,18H,9-10H2,1H3. The predicted molar refractivity (Wildman–Crippen MR) is 77.0 cm³/mol. The molecule has 0 bridgehead atoms. The molecule has 2 atom stereocenters. The van der Waals surface area contributed by atoms with Gasteiger partial charge in [-0.25, -0.2) is 4.39 Å². The molecule has 1 aromatic carbocycles. The Bertz CT molecular complexity index is 603. The van der Waals surface area contributed by atoms with Crippen LogP contribution in [0.1, 0.15) is 18.7 Å². The van der Waals surface area contributed by atoms with Crippen LogP contribution in [-0.4, -0.2) is 24.2 Å². The fourth-order valence-electron chi connectivity index (χ4n) is 2.22. The highest BCUT2D eigenvalue weighted by molar-refractivity contribution is 5.40. The number of para-hydroxylation sites is 2. The van der Waals surface area contributed by atoms with Gasteiger partial charge in [0, 0.05) is 12.6 Å². The molecule has 0 aliphatic carbocycles. The Kier molecular flexibility index (Phi) is 4.01. The number of aromatic nitrogens is 1. The van der Waals surface area contributed by atoms with Gasteiger partial charge in [-0.05, 0) is 31.2 Å². The molecule has 1 aliphatic rings. The Morgan fingerprint density at radius 2 is 2.10 bits per heavy atom. The summed E-state index contributed by atoms with van der Waals surface area (Å²) in [6.45, 7) is 3.13. The smallest absolute Gasteiger partial charge is 0.161 e. The molecule has 5 heteroatoms. The van der Waals surface area contributed by atoms with Crippen LogP contribution in [0, 0.1) is 5.82 Å². The largest absolute Gasteiger partial charge is 0.486 e. The summed E-state index contributed by atoms with van der Waals surface area (Å²) in [4.78, 5) is 4.07. The quantitative estimate of drug-likeness (QED) is 0.939. The lowest BCUT2D eigenvalue weighted by Gasteiger charge is -2.27. The van der Waals surface area contributed by atoms with Gasteiger partial charge in [-0.2, -0.15) is 0 Å². The molecule has 110 valence electrons. The zero-order valence-corrected chi connectivity index (χ0v) is 11.8. The van der Waals surface area contributed by atoms with Crippen LogP contribution in [0.25, 0.3) is 0 Å². The SMILES string of the molecule is CC(NCC1COc2ccccc2O1)c1ccc(F)cn1. The van der Waals surface area contributed by atoms with E-state index >= 15 is 0 Å². The van der Waals surface area contributed by atoms with Crippen LogP contribution in [0.3, 0.4) is 0 Å². The highest BCUT2D eigenvalue weighted by Crippen LogP contribution is 2.30. The first kappa shape index (κ1) is 13.8. The molecule has 0 fully saturated rings. The van der Waals surface area contributed by atoms with E-state index in [9.17, 15) is 4.39 Å². The molecule has 2 aromatic rings. The Labute approximate surface area is 122 Å². The molecule has 2 heterocycles. The van der Waals surface area contributed by atoms with Crippen molar-refractivity contribution in [2.45, 2.75) is 19.1 Å². The fourth-order valence-corrected chi connectivity index (χ4v) is 2.22. The number of nitrogens with zero attached hydrogens (tertiary/aromatic N) is 1. The molecule has 1 N–H and O–H groups in total.